The van der Waals surface area contributed by atoms with Crippen molar-refractivity contribution in [1.82, 2.24) is 5.32 Å². The van der Waals surface area contributed by atoms with Crippen molar-refractivity contribution in [3.63, 3.8) is 0 Å². The molecule has 0 aliphatic carbocycles. The van der Waals surface area contributed by atoms with Gasteiger partial charge in [0, 0.05) is 5.38 Å². The van der Waals surface area contributed by atoms with Gasteiger partial charge in [0.15, 0.2) is 0 Å². The van der Waals surface area contributed by atoms with Crippen molar-refractivity contribution in [2.45, 2.75) is 13.0 Å². The molecule has 0 saturated heterocycles. The molecule has 66 valence electrons. The third-order valence-corrected chi connectivity index (χ3v) is 2.30. The van der Waals surface area contributed by atoms with E-state index in [2.05, 4.69) is 10.6 Å². The molecule has 3 nitrogen and oxygen atoms in total. The van der Waals surface area contributed by atoms with Crippen molar-refractivity contribution >= 4 is 22.9 Å². The van der Waals surface area contributed by atoms with E-state index in [4.69, 9.17) is 0 Å². The fourth-order valence-electron chi connectivity index (χ4n) is 0.717. The Hall–Kier alpha value is -0.870. The van der Waals surface area contributed by atoms with Crippen LogP contribution in [0.4, 0.5) is 5.69 Å². The standard InChI is InChI=1S/C8H12N2OS/c1-6(9-2)8(11)10-7-3-4-12-5-7/h3-6,9H,1-2H3,(H,10,11). The van der Waals surface area contributed by atoms with Crippen molar-refractivity contribution in [1.29, 1.82) is 0 Å². The van der Waals surface area contributed by atoms with Gasteiger partial charge in [-0.2, -0.15) is 11.3 Å². The summed E-state index contributed by atoms with van der Waals surface area (Å²) in [6, 6.07) is 1.73. The largest absolute Gasteiger partial charge is 0.324 e. The van der Waals surface area contributed by atoms with Crippen molar-refractivity contribution in [2.24, 2.45) is 0 Å². The summed E-state index contributed by atoms with van der Waals surface area (Å²) in [5, 5.41) is 9.48. The van der Waals surface area contributed by atoms with Gasteiger partial charge in [-0.25, -0.2) is 0 Å². The fourth-order valence-corrected chi connectivity index (χ4v) is 1.31. The fraction of sp³-hybridized carbons (Fsp3) is 0.375. The van der Waals surface area contributed by atoms with E-state index < -0.39 is 0 Å². The number of amides is 1. The van der Waals surface area contributed by atoms with Crippen molar-refractivity contribution in [2.75, 3.05) is 12.4 Å². The van der Waals surface area contributed by atoms with E-state index in [-0.39, 0.29) is 11.9 Å². The lowest BCUT2D eigenvalue weighted by molar-refractivity contribution is -0.117. The summed E-state index contributed by atoms with van der Waals surface area (Å²) in [6.45, 7) is 1.82. The average molecular weight is 184 g/mol. The maximum absolute atomic E-state index is 11.3. The molecule has 0 spiro atoms. The molecule has 1 unspecified atom stereocenters. The van der Waals surface area contributed by atoms with Crippen molar-refractivity contribution in [3.8, 4) is 0 Å². The summed E-state index contributed by atoms with van der Waals surface area (Å²) in [5.41, 5.74) is 0.868. The highest BCUT2D eigenvalue weighted by molar-refractivity contribution is 7.08. The molecular formula is C8H12N2OS. The first-order valence-electron chi connectivity index (χ1n) is 3.74. The quantitative estimate of drug-likeness (QED) is 0.743. The molecule has 1 atom stereocenters. The Kier molecular flexibility index (Phi) is 3.25. The molecule has 1 rings (SSSR count). The number of hydrogen-bond donors (Lipinski definition) is 2. The van der Waals surface area contributed by atoms with Crippen LogP contribution in [-0.4, -0.2) is 19.0 Å². The highest BCUT2D eigenvalue weighted by Crippen LogP contribution is 2.11. The van der Waals surface area contributed by atoms with E-state index in [0.717, 1.165) is 5.69 Å². The molecule has 0 aliphatic rings. The summed E-state index contributed by atoms with van der Waals surface area (Å²) in [4.78, 5) is 11.3. The highest BCUT2D eigenvalue weighted by Gasteiger charge is 2.09. The molecule has 0 aromatic carbocycles. The predicted molar refractivity (Wildman–Crippen MR) is 51.5 cm³/mol. The number of hydrogen-bond acceptors (Lipinski definition) is 3. The van der Waals surface area contributed by atoms with Crippen LogP contribution in [-0.2, 0) is 4.79 Å². The van der Waals surface area contributed by atoms with Crippen LogP contribution in [0.1, 0.15) is 6.92 Å². The number of rotatable bonds is 3. The molecule has 0 bridgehead atoms. The molecule has 0 fully saturated rings. The van der Waals surface area contributed by atoms with Crippen molar-refractivity contribution in [3.05, 3.63) is 16.8 Å². The van der Waals surface area contributed by atoms with E-state index in [9.17, 15) is 4.79 Å². The van der Waals surface area contributed by atoms with E-state index in [1.165, 1.54) is 0 Å². The van der Waals surface area contributed by atoms with Gasteiger partial charge < -0.3 is 10.6 Å². The lowest BCUT2D eigenvalue weighted by atomic mass is 10.3. The Morgan fingerprint density at radius 1 is 1.67 bits per heavy atom. The zero-order valence-electron chi connectivity index (χ0n) is 7.13. The van der Waals surface area contributed by atoms with Gasteiger partial charge in [0.25, 0.3) is 0 Å². The Bertz CT molecular complexity index is 246. The minimum absolute atomic E-state index is 0.00380. The molecule has 1 amide bonds. The molecule has 1 aromatic rings. The lowest BCUT2D eigenvalue weighted by Gasteiger charge is -2.08. The van der Waals surface area contributed by atoms with Gasteiger partial charge in [0.2, 0.25) is 5.91 Å². The minimum atomic E-state index is -0.148. The normalized spacial score (nSPS) is 12.5. The van der Waals surface area contributed by atoms with Crippen LogP contribution in [0, 0.1) is 0 Å². The molecule has 2 N–H and O–H groups in total. The smallest absolute Gasteiger partial charge is 0.241 e. The van der Waals surface area contributed by atoms with E-state index in [1.807, 2.05) is 23.8 Å². The first-order chi connectivity index (χ1) is 5.74. The van der Waals surface area contributed by atoms with Gasteiger partial charge in [-0.1, -0.05) is 0 Å². The van der Waals surface area contributed by atoms with Crippen LogP contribution in [0.25, 0.3) is 0 Å². The molecule has 1 aromatic heterocycles. The highest BCUT2D eigenvalue weighted by atomic mass is 32.1. The summed E-state index contributed by atoms with van der Waals surface area (Å²) in [6.07, 6.45) is 0. The first kappa shape index (κ1) is 9.22. The summed E-state index contributed by atoms with van der Waals surface area (Å²) >= 11 is 1.57. The third kappa shape index (κ3) is 2.32. The van der Waals surface area contributed by atoms with Gasteiger partial charge in [-0.15, -0.1) is 0 Å². The molecule has 12 heavy (non-hydrogen) atoms. The maximum Gasteiger partial charge on any atom is 0.241 e. The number of carbonyl (C=O) groups is 1. The summed E-state index contributed by atoms with van der Waals surface area (Å²) in [5.74, 6) is -0.00380. The first-order valence-corrected chi connectivity index (χ1v) is 4.68. The average Bonchev–Trinajstić information content (AvgIpc) is 2.55. The van der Waals surface area contributed by atoms with Crippen molar-refractivity contribution < 1.29 is 4.79 Å². The maximum atomic E-state index is 11.3. The Labute approximate surface area is 75.8 Å². The zero-order chi connectivity index (χ0) is 8.97. The van der Waals surface area contributed by atoms with Crippen LogP contribution in [0.2, 0.25) is 0 Å². The Morgan fingerprint density at radius 2 is 2.42 bits per heavy atom. The van der Waals surface area contributed by atoms with Gasteiger partial charge in [0.05, 0.1) is 11.7 Å². The number of likely N-dealkylation sites (N-methyl/N-ethyl adjacent to an activating group) is 1. The molecular weight excluding hydrogens is 172 g/mol. The number of carbonyl (C=O) groups excluding carboxylic acids is 1. The third-order valence-electron chi connectivity index (χ3n) is 1.62. The second kappa shape index (κ2) is 4.23. The van der Waals surface area contributed by atoms with Crippen LogP contribution in [0.3, 0.4) is 0 Å². The van der Waals surface area contributed by atoms with Crippen LogP contribution >= 0.6 is 11.3 Å². The lowest BCUT2D eigenvalue weighted by Crippen LogP contribution is -2.35. The molecule has 0 aliphatic heterocycles. The van der Waals surface area contributed by atoms with Gasteiger partial charge in [0.1, 0.15) is 0 Å². The number of thiophene rings is 1. The van der Waals surface area contributed by atoms with E-state index >= 15 is 0 Å². The summed E-state index contributed by atoms with van der Waals surface area (Å²) in [7, 11) is 1.76. The minimum Gasteiger partial charge on any atom is -0.324 e. The predicted octanol–water partition coefficient (Wildman–Crippen LogP) is 1.29. The van der Waals surface area contributed by atoms with Gasteiger partial charge >= 0.3 is 0 Å². The molecule has 1 heterocycles. The Balaban J connectivity index is 2.47. The second-order valence-electron chi connectivity index (χ2n) is 2.51. The topological polar surface area (TPSA) is 41.1 Å². The van der Waals surface area contributed by atoms with Crippen LogP contribution in [0.5, 0.6) is 0 Å². The van der Waals surface area contributed by atoms with Gasteiger partial charge in [-0.3, -0.25) is 4.79 Å². The molecule has 0 radical (unpaired) electrons. The number of nitrogens with one attached hydrogen (secondary N) is 2. The molecule has 0 saturated carbocycles. The van der Waals surface area contributed by atoms with E-state index in [1.54, 1.807) is 18.4 Å². The van der Waals surface area contributed by atoms with Gasteiger partial charge in [-0.05, 0) is 25.4 Å². The second-order valence-corrected chi connectivity index (χ2v) is 3.29. The summed E-state index contributed by atoms with van der Waals surface area (Å²) < 4.78 is 0. The van der Waals surface area contributed by atoms with Crippen LogP contribution in [0.15, 0.2) is 16.8 Å². The molecule has 4 heteroatoms. The number of anilines is 1. The SMILES string of the molecule is CNC(C)C(=O)Nc1ccsc1. The zero-order valence-corrected chi connectivity index (χ0v) is 7.94. The van der Waals surface area contributed by atoms with E-state index in [0.29, 0.717) is 0 Å². The van der Waals surface area contributed by atoms with Crippen LogP contribution < -0.4 is 10.6 Å². The monoisotopic (exact) mass is 184 g/mol. The Morgan fingerprint density at radius 3 is 2.92 bits per heavy atom.